The average molecular weight is 422 g/mol. The lowest BCUT2D eigenvalue weighted by atomic mass is 10.2. The number of methoxy groups -OCH3 is 1. The summed E-state index contributed by atoms with van der Waals surface area (Å²) in [4.78, 5) is 12.9. The van der Waals surface area contributed by atoms with Crippen LogP contribution in [0, 0.1) is 5.82 Å². The molecule has 8 heteroatoms. The minimum Gasteiger partial charge on any atom is -0.494 e. The number of aryl methyl sites for hydroxylation is 1. The fourth-order valence-corrected chi connectivity index (χ4v) is 4.62. The number of rotatable bonds is 3. The summed E-state index contributed by atoms with van der Waals surface area (Å²) in [7, 11) is 3.26. The molecule has 3 aromatic heterocycles. The van der Waals surface area contributed by atoms with Crippen molar-refractivity contribution in [3.63, 3.8) is 0 Å². The molecule has 128 valence electrons. The summed E-state index contributed by atoms with van der Waals surface area (Å²) in [5, 5.41) is 5.05. The molecular formula is C17H13BrFN3O2S. The van der Waals surface area contributed by atoms with Gasteiger partial charge in [-0.3, -0.25) is 4.79 Å². The fourth-order valence-electron chi connectivity index (χ4n) is 2.99. The minimum absolute atomic E-state index is 0.0420. The van der Waals surface area contributed by atoms with Crippen molar-refractivity contribution >= 4 is 48.4 Å². The number of halogens is 2. The first kappa shape index (κ1) is 16.3. The number of ether oxygens (including phenoxy) is 1. The molecular weight excluding hydrogens is 409 g/mol. The number of benzene rings is 1. The number of fused-ring (bicyclic) bond motifs is 3. The maximum Gasteiger partial charge on any atom is 0.291 e. The Morgan fingerprint density at radius 2 is 2.20 bits per heavy atom. The van der Waals surface area contributed by atoms with Crippen molar-refractivity contribution in [2.75, 3.05) is 7.11 Å². The normalized spacial score (nSPS) is 11.5. The molecule has 4 rings (SSSR count). The lowest BCUT2D eigenvalue weighted by Gasteiger charge is -2.09. The number of aromatic nitrogens is 3. The van der Waals surface area contributed by atoms with Crippen LogP contribution in [0.5, 0.6) is 5.75 Å². The van der Waals surface area contributed by atoms with E-state index < -0.39 is 5.82 Å². The molecule has 0 spiro atoms. The third-order valence-electron chi connectivity index (χ3n) is 4.23. The van der Waals surface area contributed by atoms with Gasteiger partial charge in [-0.15, -0.1) is 11.3 Å². The molecule has 0 bridgehead atoms. The molecule has 0 fully saturated rings. The largest absolute Gasteiger partial charge is 0.494 e. The van der Waals surface area contributed by atoms with E-state index in [4.69, 9.17) is 4.74 Å². The Balaban J connectivity index is 1.88. The Labute approximate surface area is 154 Å². The standard InChI is InChI=1S/C17H13BrFN3O2S/c1-21-11-6-13(18)25-16(11)10-7-20-22(17(23)15(10)21)8-9-4-3-5-12(24-2)14(9)19/h3-7H,8H2,1-2H3. The van der Waals surface area contributed by atoms with Crippen LogP contribution in [0.15, 0.2) is 39.0 Å². The molecule has 4 aromatic rings. The van der Waals surface area contributed by atoms with E-state index in [9.17, 15) is 9.18 Å². The predicted molar refractivity (Wildman–Crippen MR) is 100 cm³/mol. The lowest BCUT2D eigenvalue weighted by molar-refractivity contribution is 0.383. The van der Waals surface area contributed by atoms with Gasteiger partial charge in [0.15, 0.2) is 11.6 Å². The molecule has 0 aliphatic carbocycles. The van der Waals surface area contributed by atoms with Crippen molar-refractivity contribution in [3.05, 3.63) is 56.0 Å². The molecule has 0 aliphatic heterocycles. The van der Waals surface area contributed by atoms with E-state index in [-0.39, 0.29) is 17.9 Å². The van der Waals surface area contributed by atoms with Gasteiger partial charge in [-0.2, -0.15) is 5.10 Å². The number of hydrogen-bond donors (Lipinski definition) is 0. The highest BCUT2D eigenvalue weighted by Gasteiger charge is 2.17. The Bertz CT molecular complexity index is 1180. The fraction of sp³-hybridized carbons (Fsp3) is 0.176. The van der Waals surface area contributed by atoms with Gasteiger partial charge in [0.25, 0.3) is 5.56 Å². The predicted octanol–water partition coefficient (Wildman–Crippen LogP) is 3.91. The highest BCUT2D eigenvalue weighted by molar-refractivity contribution is 9.11. The van der Waals surface area contributed by atoms with Crippen LogP contribution in [0.25, 0.3) is 21.1 Å². The van der Waals surface area contributed by atoms with Gasteiger partial charge in [-0.1, -0.05) is 12.1 Å². The molecule has 1 aromatic carbocycles. The molecule has 0 N–H and O–H groups in total. The molecule has 0 aliphatic rings. The topological polar surface area (TPSA) is 49.0 Å². The molecule has 25 heavy (non-hydrogen) atoms. The van der Waals surface area contributed by atoms with Gasteiger partial charge in [-0.05, 0) is 28.1 Å². The van der Waals surface area contributed by atoms with E-state index in [1.807, 2.05) is 17.7 Å². The first-order valence-corrected chi connectivity index (χ1v) is 9.07. The summed E-state index contributed by atoms with van der Waals surface area (Å²) in [6.45, 7) is 0.0420. The average Bonchev–Trinajstić information content (AvgIpc) is 3.09. The second kappa shape index (κ2) is 5.96. The zero-order valence-corrected chi connectivity index (χ0v) is 15.8. The van der Waals surface area contributed by atoms with Crippen LogP contribution in [0.1, 0.15) is 5.56 Å². The van der Waals surface area contributed by atoms with Crippen molar-refractivity contribution in [3.8, 4) is 5.75 Å². The highest BCUT2D eigenvalue weighted by atomic mass is 79.9. The molecule has 0 radical (unpaired) electrons. The Morgan fingerprint density at radius 3 is 2.96 bits per heavy atom. The van der Waals surface area contributed by atoms with Gasteiger partial charge in [0.1, 0.15) is 5.52 Å². The van der Waals surface area contributed by atoms with Crippen molar-refractivity contribution in [2.45, 2.75) is 6.54 Å². The van der Waals surface area contributed by atoms with Crippen LogP contribution in [0.2, 0.25) is 0 Å². The first-order chi connectivity index (χ1) is 12.0. The second-order valence-corrected chi connectivity index (χ2v) is 8.06. The highest BCUT2D eigenvalue weighted by Crippen LogP contribution is 2.35. The molecule has 0 unspecified atom stereocenters. The van der Waals surface area contributed by atoms with Crippen LogP contribution >= 0.6 is 27.3 Å². The molecule has 5 nitrogen and oxygen atoms in total. The molecule has 0 atom stereocenters. The van der Waals surface area contributed by atoms with Crippen molar-refractivity contribution in [1.82, 2.24) is 14.3 Å². The first-order valence-electron chi connectivity index (χ1n) is 7.46. The number of thiophene rings is 1. The van der Waals surface area contributed by atoms with Gasteiger partial charge in [0, 0.05) is 18.0 Å². The SMILES string of the molecule is COc1cccc(Cn2ncc3c4sc(Br)cc4n(C)c3c2=O)c1F. The lowest BCUT2D eigenvalue weighted by Crippen LogP contribution is -2.25. The van der Waals surface area contributed by atoms with Crippen LogP contribution in [0.4, 0.5) is 4.39 Å². The van der Waals surface area contributed by atoms with Crippen LogP contribution in [-0.4, -0.2) is 21.5 Å². The van der Waals surface area contributed by atoms with E-state index in [1.165, 1.54) is 11.8 Å². The molecule has 0 saturated heterocycles. The van der Waals surface area contributed by atoms with Gasteiger partial charge < -0.3 is 9.30 Å². The Hall–Kier alpha value is -2.19. The van der Waals surface area contributed by atoms with E-state index in [0.29, 0.717) is 11.1 Å². The minimum atomic E-state index is -0.476. The van der Waals surface area contributed by atoms with Gasteiger partial charge in [0.05, 0.1) is 33.9 Å². The summed E-state index contributed by atoms with van der Waals surface area (Å²) in [6, 6.07) is 6.83. The number of nitrogens with zero attached hydrogens (tertiary/aromatic N) is 3. The number of hydrogen-bond acceptors (Lipinski definition) is 4. The summed E-state index contributed by atoms with van der Waals surface area (Å²) in [5.41, 5.74) is 1.64. The van der Waals surface area contributed by atoms with Crippen LogP contribution in [-0.2, 0) is 13.6 Å². The third kappa shape index (κ3) is 2.47. The van der Waals surface area contributed by atoms with Crippen molar-refractivity contribution < 1.29 is 9.13 Å². The smallest absolute Gasteiger partial charge is 0.291 e. The van der Waals surface area contributed by atoms with Gasteiger partial charge in [-0.25, -0.2) is 9.07 Å². The van der Waals surface area contributed by atoms with Gasteiger partial charge >= 0.3 is 0 Å². The van der Waals surface area contributed by atoms with E-state index in [0.717, 1.165) is 19.4 Å². The zero-order chi connectivity index (χ0) is 17.7. The van der Waals surface area contributed by atoms with Crippen molar-refractivity contribution in [2.24, 2.45) is 7.05 Å². The summed E-state index contributed by atoms with van der Waals surface area (Å²) in [6.07, 6.45) is 1.67. The summed E-state index contributed by atoms with van der Waals surface area (Å²) >= 11 is 5.03. The molecule has 0 amide bonds. The van der Waals surface area contributed by atoms with Crippen LogP contribution < -0.4 is 10.3 Å². The third-order valence-corrected chi connectivity index (χ3v) is 5.89. The van der Waals surface area contributed by atoms with E-state index >= 15 is 0 Å². The Kier molecular flexibility index (Phi) is 3.88. The molecule has 0 saturated carbocycles. The van der Waals surface area contributed by atoms with Gasteiger partial charge in [0.2, 0.25) is 0 Å². The monoisotopic (exact) mass is 421 g/mol. The van der Waals surface area contributed by atoms with E-state index in [2.05, 4.69) is 21.0 Å². The zero-order valence-electron chi connectivity index (χ0n) is 13.4. The maximum atomic E-state index is 14.4. The molecule has 3 heterocycles. The van der Waals surface area contributed by atoms with Crippen molar-refractivity contribution in [1.29, 1.82) is 0 Å². The van der Waals surface area contributed by atoms with Crippen LogP contribution in [0.3, 0.4) is 0 Å². The Morgan fingerprint density at radius 1 is 1.40 bits per heavy atom. The summed E-state index contributed by atoms with van der Waals surface area (Å²) < 4.78 is 24.5. The second-order valence-electron chi connectivity index (χ2n) is 5.63. The quantitative estimate of drug-likeness (QED) is 0.503. The summed E-state index contributed by atoms with van der Waals surface area (Å²) in [5.74, 6) is -0.327. The van der Waals surface area contributed by atoms with E-state index in [1.54, 1.807) is 35.7 Å². The maximum absolute atomic E-state index is 14.4.